The van der Waals surface area contributed by atoms with Crippen molar-refractivity contribution in [2.24, 2.45) is 0 Å². The number of thiol groups is 1. The molecule has 1 aromatic rings. The van der Waals surface area contributed by atoms with Gasteiger partial charge in [-0.05, 0) is 24.3 Å². The molecule has 0 saturated carbocycles. The van der Waals surface area contributed by atoms with Crippen LogP contribution >= 0.6 is 12.6 Å². The average molecular weight is 329 g/mol. The summed E-state index contributed by atoms with van der Waals surface area (Å²) in [6.45, 7) is 0. The van der Waals surface area contributed by atoms with Crippen LogP contribution in [0.4, 0.5) is 0 Å². The molecular weight excluding hydrogens is 310 g/mol. The Morgan fingerprint density at radius 1 is 1.18 bits per heavy atom. The molecule has 22 heavy (non-hydrogen) atoms. The number of carbonyl (C=O) groups is 2. The Labute approximate surface area is 134 Å². The van der Waals surface area contributed by atoms with Gasteiger partial charge in [0.1, 0.15) is 6.04 Å². The fourth-order valence-electron chi connectivity index (χ4n) is 1.84. The van der Waals surface area contributed by atoms with Gasteiger partial charge in [-0.3, -0.25) is 4.79 Å². The molecule has 0 unspecified atom stereocenters. The number of carbonyl (C=O) groups excluding carboxylic acids is 1. The summed E-state index contributed by atoms with van der Waals surface area (Å²) in [5.41, 5.74) is 0.208. The van der Waals surface area contributed by atoms with Gasteiger partial charge < -0.3 is 24.6 Å². The zero-order chi connectivity index (χ0) is 16.7. The fraction of sp³-hybridized carbons (Fsp3) is 0.429. The highest BCUT2D eigenvalue weighted by atomic mass is 32.1. The molecular formula is C14H19NO6S. The molecule has 122 valence electrons. The maximum atomic E-state index is 12.2. The largest absolute Gasteiger partial charge is 0.493 e. The van der Waals surface area contributed by atoms with Crippen molar-refractivity contribution in [1.82, 2.24) is 5.32 Å². The summed E-state index contributed by atoms with van der Waals surface area (Å²) < 4.78 is 15.5. The van der Waals surface area contributed by atoms with E-state index in [-0.39, 0.29) is 12.0 Å². The topological polar surface area (TPSA) is 94.1 Å². The number of nitrogens with one attached hydrogen (secondary N) is 1. The van der Waals surface area contributed by atoms with E-state index in [1.165, 1.54) is 33.5 Å². The monoisotopic (exact) mass is 329 g/mol. The van der Waals surface area contributed by atoms with E-state index in [0.717, 1.165) is 0 Å². The summed E-state index contributed by atoms with van der Waals surface area (Å²) in [4.78, 5) is 23.3. The van der Waals surface area contributed by atoms with Crippen molar-refractivity contribution in [3.8, 4) is 17.2 Å². The first-order valence-electron chi connectivity index (χ1n) is 6.43. The van der Waals surface area contributed by atoms with Crippen LogP contribution in [0.15, 0.2) is 12.1 Å². The van der Waals surface area contributed by atoms with Gasteiger partial charge in [-0.15, -0.1) is 0 Å². The summed E-state index contributed by atoms with van der Waals surface area (Å²) in [5, 5.41) is 11.5. The molecule has 1 rings (SSSR count). The molecule has 0 radical (unpaired) electrons. The number of carboxylic acid groups (broad SMARTS) is 1. The molecule has 0 saturated heterocycles. The maximum Gasteiger partial charge on any atom is 0.326 e. The molecule has 1 atom stereocenters. The molecule has 0 fully saturated rings. The number of benzene rings is 1. The molecule has 0 aliphatic heterocycles. The first kappa shape index (κ1) is 18.0. The minimum atomic E-state index is -1.12. The van der Waals surface area contributed by atoms with Gasteiger partial charge in [-0.25, -0.2) is 4.79 Å². The van der Waals surface area contributed by atoms with Gasteiger partial charge in [0.15, 0.2) is 11.5 Å². The second-order valence-corrected chi connectivity index (χ2v) is 4.74. The third kappa shape index (κ3) is 4.20. The molecule has 1 amide bonds. The molecule has 0 bridgehead atoms. The summed E-state index contributed by atoms with van der Waals surface area (Å²) in [6, 6.07) is 1.90. The Morgan fingerprint density at radius 3 is 2.09 bits per heavy atom. The van der Waals surface area contributed by atoms with E-state index in [0.29, 0.717) is 23.0 Å². The highest BCUT2D eigenvalue weighted by Gasteiger charge is 2.22. The smallest absolute Gasteiger partial charge is 0.326 e. The van der Waals surface area contributed by atoms with E-state index < -0.39 is 17.9 Å². The van der Waals surface area contributed by atoms with Gasteiger partial charge in [0.05, 0.1) is 21.3 Å². The van der Waals surface area contributed by atoms with Crippen molar-refractivity contribution in [1.29, 1.82) is 0 Å². The van der Waals surface area contributed by atoms with Gasteiger partial charge in [0, 0.05) is 5.56 Å². The number of hydrogen-bond donors (Lipinski definition) is 3. The Morgan fingerprint density at radius 2 is 1.73 bits per heavy atom. The number of hydrogen-bond acceptors (Lipinski definition) is 6. The van der Waals surface area contributed by atoms with E-state index in [1.54, 1.807) is 0 Å². The lowest BCUT2D eigenvalue weighted by Gasteiger charge is -2.16. The first-order chi connectivity index (χ1) is 10.5. The number of aliphatic carboxylic acids is 1. The third-order valence-corrected chi connectivity index (χ3v) is 3.21. The van der Waals surface area contributed by atoms with Gasteiger partial charge in [-0.1, -0.05) is 0 Å². The van der Waals surface area contributed by atoms with Crippen molar-refractivity contribution < 1.29 is 28.9 Å². The highest BCUT2D eigenvalue weighted by molar-refractivity contribution is 7.80. The normalized spacial score (nSPS) is 11.5. The van der Waals surface area contributed by atoms with E-state index in [1.807, 2.05) is 0 Å². The van der Waals surface area contributed by atoms with Crippen molar-refractivity contribution >= 4 is 24.5 Å². The van der Waals surface area contributed by atoms with E-state index >= 15 is 0 Å². The fourth-order valence-corrected chi connectivity index (χ4v) is 2.10. The summed E-state index contributed by atoms with van der Waals surface area (Å²) in [5.74, 6) is -0.344. The molecule has 0 spiro atoms. The Hall–Kier alpha value is -2.09. The van der Waals surface area contributed by atoms with E-state index in [4.69, 9.17) is 19.3 Å². The van der Waals surface area contributed by atoms with Gasteiger partial charge in [0.2, 0.25) is 5.75 Å². The second kappa shape index (κ2) is 8.38. The van der Waals surface area contributed by atoms with Crippen LogP contribution in [-0.2, 0) is 4.79 Å². The predicted octanol–water partition coefficient (Wildman–Crippen LogP) is 1.22. The molecule has 7 nitrogen and oxygen atoms in total. The van der Waals surface area contributed by atoms with Crippen molar-refractivity contribution in [3.63, 3.8) is 0 Å². The summed E-state index contributed by atoms with van der Waals surface area (Å²) in [7, 11) is 4.31. The van der Waals surface area contributed by atoms with Crippen molar-refractivity contribution in [2.75, 3.05) is 27.1 Å². The molecule has 0 heterocycles. The lowest BCUT2D eigenvalue weighted by atomic mass is 10.1. The zero-order valence-electron chi connectivity index (χ0n) is 12.6. The van der Waals surface area contributed by atoms with E-state index in [9.17, 15) is 9.59 Å². The van der Waals surface area contributed by atoms with Gasteiger partial charge in [-0.2, -0.15) is 12.6 Å². The summed E-state index contributed by atoms with van der Waals surface area (Å²) in [6.07, 6.45) is 0.217. The number of amides is 1. The lowest BCUT2D eigenvalue weighted by molar-refractivity contribution is -0.139. The third-order valence-electron chi connectivity index (χ3n) is 2.95. The molecule has 2 N–H and O–H groups in total. The van der Waals surface area contributed by atoms with Crippen LogP contribution in [0.25, 0.3) is 0 Å². The van der Waals surface area contributed by atoms with Crippen LogP contribution in [-0.4, -0.2) is 50.1 Å². The molecule has 0 aromatic heterocycles. The predicted molar refractivity (Wildman–Crippen MR) is 83.5 cm³/mol. The molecule has 0 aliphatic rings. The van der Waals surface area contributed by atoms with Crippen LogP contribution < -0.4 is 19.5 Å². The molecule has 8 heteroatoms. The first-order valence-corrected chi connectivity index (χ1v) is 7.06. The number of methoxy groups -OCH3 is 3. The Kier molecular flexibility index (Phi) is 6.84. The van der Waals surface area contributed by atoms with Crippen LogP contribution in [0.5, 0.6) is 17.2 Å². The SMILES string of the molecule is COc1cc(C(=O)N[C@@H](CCS)C(=O)O)cc(OC)c1OC. The average Bonchev–Trinajstić information content (AvgIpc) is 2.52. The van der Waals surface area contributed by atoms with E-state index in [2.05, 4.69) is 17.9 Å². The zero-order valence-corrected chi connectivity index (χ0v) is 13.5. The van der Waals surface area contributed by atoms with Crippen molar-refractivity contribution in [2.45, 2.75) is 12.5 Å². The van der Waals surface area contributed by atoms with Crippen LogP contribution in [0.1, 0.15) is 16.8 Å². The maximum absolute atomic E-state index is 12.2. The Bertz CT molecular complexity index is 523. The number of ether oxygens (including phenoxy) is 3. The minimum absolute atomic E-state index is 0.208. The van der Waals surface area contributed by atoms with Crippen molar-refractivity contribution in [3.05, 3.63) is 17.7 Å². The highest BCUT2D eigenvalue weighted by Crippen LogP contribution is 2.38. The quantitative estimate of drug-likeness (QED) is 0.621. The lowest BCUT2D eigenvalue weighted by Crippen LogP contribution is -2.41. The summed E-state index contributed by atoms with van der Waals surface area (Å²) >= 11 is 3.98. The Balaban J connectivity index is 3.09. The van der Waals surface area contributed by atoms with Crippen LogP contribution in [0.2, 0.25) is 0 Å². The number of rotatable bonds is 8. The molecule has 0 aliphatic carbocycles. The standard InChI is InChI=1S/C14H19NO6S/c1-19-10-6-8(7-11(20-2)12(10)21-3)13(16)15-9(4-5-22)14(17)18/h6-7,9,22H,4-5H2,1-3H3,(H,15,16)(H,17,18)/t9-/m0/s1. The second-order valence-electron chi connectivity index (χ2n) is 4.29. The molecule has 1 aromatic carbocycles. The minimum Gasteiger partial charge on any atom is -0.493 e. The van der Waals surface area contributed by atoms with Crippen LogP contribution in [0, 0.1) is 0 Å². The van der Waals surface area contributed by atoms with Crippen LogP contribution in [0.3, 0.4) is 0 Å². The number of carboxylic acids is 1. The van der Waals surface area contributed by atoms with Gasteiger partial charge >= 0.3 is 5.97 Å². The van der Waals surface area contributed by atoms with Gasteiger partial charge in [0.25, 0.3) is 5.91 Å².